The molecule has 0 aliphatic heterocycles. The van der Waals surface area contributed by atoms with Crippen LogP contribution in [0.1, 0.15) is 11.6 Å². The number of hydrogen-bond acceptors (Lipinski definition) is 3. The fourth-order valence-corrected chi connectivity index (χ4v) is 1.50. The van der Waals surface area contributed by atoms with E-state index in [2.05, 4.69) is 0 Å². The molecule has 0 fully saturated rings. The first-order valence-corrected chi connectivity index (χ1v) is 4.99. The van der Waals surface area contributed by atoms with Gasteiger partial charge in [0.15, 0.2) is 0 Å². The number of hydrogen-bond donors (Lipinski definition) is 2. The molecule has 0 bridgehead atoms. The van der Waals surface area contributed by atoms with E-state index in [1.165, 1.54) is 0 Å². The molecular formula is C8H11NO2S. The molecule has 2 N–H and O–H groups in total. The van der Waals surface area contributed by atoms with Crippen molar-refractivity contribution in [3.63, 3.8) is 0 Å². The van der Waals surface area contributed by atoms with E-state index in [-0.39, 0.29) is 5.75 Å². The van der Waals surface area contributed by atoms with Gasteiger partial charge in [-0.1, -0.05) is 30.3 Å². The van der Waals surface area contributed by atoms with Gasteiger partial charge in [0.2, 0.25) is 0 Å². The smallest absolute Gasteiger partial charge is 0.142 e. The second-order valence-electron chi connectivity index (χ2n) is 2.53. The average Bonchev–Trinajstić information content (AvgIpc) is 2.05. The summed E-state index contributed by atoms with van der Waals surface area (Å²) in [5, 5.41) is 0. The second-order valence-corrected chi connectivity index (χ2v) is 3.56. The Labute approximate surface area is 73.2 Å². The van der Waals surface area contributed by atoms with Gasteiger partial charge >= 0.3 is 0 Å². The van der Waals surface area contributed by atoms with E-state index in [9.17, 15) is 8.42 Å². The first kappa shape index (κ1) is 9.22. The van der Waals surface area contributed by atoms with E-state index in [0.29, 0.717) is 0 Å². The van der Waals surface area contributed by atoms with E-state index in [4.69, 9.17) is 5.73 Å². The molecule has 3 nitrogen and oxygen atoms in total. The Morgan fingerprint density at radius 3 is 2.33 bits per heavy atom. The molecule has 4 heteroatoms. The Morgan fingerprint density at radius 1 is 1.25 bits per heavy atom. The van der Waals surface area contributed by atoms with E-state index in [1.54, 1.807) is 0 Å². The Bertz CT molecular complexity index is 300. The summed E-state index contributed by atoms with van der Waals surface area (Å²) in [6, 6.07) is 8.80. The highest BCUT2D eigenvalue weighted by molar-refractivity contribution is 7.72. The molecule has 1 rings (SSSR count). The van der Waals surface area contributed by atoms with Crippen molar-refractivity contribution in [3.8, 4) is 0 Å². The summed E-state index contributed by atoms with van der Waals surface area (Å²) in [6.45, 7) is 0. The molecule has 1 aromatic rings. The summed E-state index contributed by atoms with van der Waals surface area (Å²) in [7, 11) is -2.39. The summed E-state index contributed by atoms with van der Waals surface area (Å²) < 4.78 is 20.7. The molecule has 1 atom stereocenters. The SMILES string of the molecule is NC(C[SH](=O)=O)c1ccccc1. The van der Waals surface area contributed by atoms with Gasteiger partial charge in [-0.2, -0.15) is 0 Å². The monoisotopic (exact) mass is 185 g/mol. The summed E-state index contributed by atoms with van der Waals surface area (Å²) in [4.78, 5) is 0. The molecule has 1 unspecified atom stereocenters. The lowest BCUT2D eigenvalue weighted by Gasteiger charge is -2.06. The van der Waals surface area contributed by atoms with Crippen molar-refractivity contribution in [2.45, 2.75) is 6.04 Å². The zero-order valence-electron chi connectivity index (χ0n) is 6.51. The van der Waals surface area contributed by atoms with Crippen LogP contribution in [0.5, 0.6) is 0 Å². The van der Waals surface area contributed by atoms with Crippen LogP contribution in [0.25, 0.3) is 0 Å². The second kappa shape index (κ2) is 4.23. The van der Waals surface area contributed by atoms with E-state index in [0.717, 1.165) is 5.56 Å². The van der Waals surface area contributed by atoms with Crippen molar-refractivity contribution in [2.75, 3.05) is 5.75 Å². The standard InChI is InChI=1S/C8H11NO2S/c9-8(6-12(10)11)7-4-2-1-3-5-7/h1-5,8,12H,6,9H2. The predicted molar refractivity (Wildman–Crippen MR) is 48.6 cm³/mol. The largest absolute Gasteiger partial charge is 0.323 e. The van der Waals surface area contributed by atoms with Crippen LogP contribution in [0.4, 0.5) is 0 Å². The lowest BCUT2D eigenvalue weighted by molar-refractivity contribution is 0.608. The molecule has 0 aliphatic carbocycles. The molecule has 1 aromatic carbocycles. The molecule has 0 amide bonds. The Morgan fingerprint density at radius 2 is 1.83 bits per heavy atom. The fourth-order valence-electron chi connectivity index (χ4n) is 0.966. The Kier molecular flexibility index (Phi) is 3.25. The normalized spacial score (nSPS) is 13.2. The molecule has 0 aromatic heterocycles. The molecule has 12 heavy (non-hydrogen) atoms. The molecule has 0 saturated carbocycles. The van der Waals surface area contributed by atoms with E-state index >= 15 is 0 Å². The van der Waals surface area contributed by atoms with E-state index < -0.39 is 16.7 Å². The Hall–Kier alpha value is -0.870. The van der Waals surface area contributed by atoms with Crippen molar-refractivity contribution in [3.05, 3.63) is 35.9 Å². The van der Waals surface area contributed by atoms with Gasteiger partial charge in [0.05, 0.1) is 5.75 Å². The first-order chi connectivity index (χ1) is 5.70. The first-order valence-electron chi connectivity index (χ1n) is 3.62. The van der Waals surface area contributed by atoms with Gasteiger partial charge in [-0.25, -0.2) is 8.42 Å². The van der Waals surface area contributed by atoms with Crippen molar-refractivity contribution >= 4 is 10.7 Å². The number of thiol groups is 1. The van der Waals surface area contributed by atoms with Crippen molar-refractivity contribution in [1.82, 2.24) is 0 Å². The van der Waals surface area contributed by atoms with Crippen LogP contribution in [-0.4, -0.2) is 14.2 Å². The lowest BCUT2D eigenvalue weighted by atomic mass is 10.1. The molecule has 0 aliphatic rings. The third kappa shape index (κ3) is 2.64. The van der Waals surface area contributed by atoms with Gasteiger partial charge in [0.25, 0.3) is 0 Å². The topological polar surface area (TPSA) is 60.2 Å². The van der Waals surface area contributed by atoms with Crippen LogP contribution in [0.2, 0.25) is 0 Å². The predicted octanol–water partition coefficient (Wildman–Crippen LogP) is 0.298. The molecular weight excluding hydrogens is 174 g/mol. The maximum absolute atomic E-state index is 10.3. The van der Waals surface area contributed by atoms with Crippen LogP contribution < -0.4 is 5.73 Å². The molecule has 66 valence electrons. The number of rotatable bonds is 3. The molecule has 0 radical (unpaired) electrons. The summed E-state index contributed by atoms with van der Waals surface area (Å²) in [5.41, 5.74) is 6.47. The third-order valence-electron chi connectivity index (χ3n) is 1.57. The maximum atomic E-state index is 10.3. The fraction of sp³-hybridized carbons (Fsp3) is 0.250. The molecule has 0 spiro atoms. The summed E-state index contributed by atoms with van der Waals surface area (Å²) in [6.07, 6.45) is 0. The zero-order valence-corrected chi connectivity index (χ0v) is 7.41. The van der Waals surface area contributed by atoms with Crippen molar-refractivity contribution in [2.24, 2.45) is 5.73 Å². The van der Waals surface area contributed by atoms with Gasteiger partial charge in [-0.3, -0.25) is 0 Å². The highest BCUT2D eigenvalue weighted by atomic mass is 32.2. The minimum Gasteiger partial charge on any atom is -0.323 e. The van der Waals surface area contributed by atoms with Crippen LogP contribution in [0.3, 0.4) is 0 Å². The van der Waals surface area contributed by atoms with Gasteiger partial charge < -0.3 is 5.73 Å². The minimum absolute atomic E-state index is 0.0132. The highest BCUT2D eigenvalue weighted by Gasteiger charge is 2.04. The van der Waals surface area contributed by atoms with Gasteiger partial charge in [-0.05, 0) is 5.56 Å². The van der Waals surface area contributed by atoms with E-state index in [1.807, 2.05) is 30.3 Å². The summed E-state index contributed by atoms with van der Waals surface area (Å²) in [5.74, 6) is 0.0132. The van der Waals surface area contributed by atoms with Crippen molar-refractivity contribution < 1.29 is 8.42 Å². The van der Waals surface area contributed by atoms with Crippen LogP contribution >= 0.6 is 0 Å². The van der Waals surface area contributed by atoms with Crippen molar-refractivity contribution in [1.29, 1.82) is 0 Å². The third-order valence-corrected chi connectivity index (χ3v) is 2.27. The Balaban J connectivity index is 2.71. The molecule has 0 saturated heterocycles. The van der Waals surface area contributed by atoms with Gasteiger partial charge in [0, 0.05) is 6.04 Å². The summed E-state index contributed by atoms with van der Waals surface area (Å²) >= 11 is 0. The van der Waals surface area contributed by atoms with Gasteiger partial charge in [-0.15, -0.1) is 0 Å². The van der Waals surface area contributed by atoms with Crippen LogP contribution in [-0.2, 0) is 10.7 Å². The lowest BCUT2D eigenvalue weighted by Crippen LogP contribution is -2.15. The number of benzene rings is 1. The number of nitrogens with two attached hydrogens (primary N) is 1. The van der Waals surface area contributed by atoms with Crippen LogP contribution in [0, 0.1) is 0 Å². The highest BCUT2D eigenvalue weighted by Crippen LogP contribution is 2.08. The quantitative estimate of drug-likeness (QED) is 0.666. The van der Waals surface area contributed by atoms with Gasteiger partial charge in [0.1, 0.15) is 10.7 Å². The maximum Gasteiger partial charge on any atom is 0.142 e. The zero-order chi connectivity index (χ0) is 8.97. The molecule has 0 heterocycles. The minimum atomic E-state index is -2.39. The van der Waals surface area contributed by atoms with Crippen LogP contribution in [0.15, 0.2) is 30.3 Å². The average molecular weight is 185 g/mol.